The van der Waals surface area contributed by atoms with Crippen LogP contribution < -0.4 is 5.73 Å². The molecule has 16 heavy (non-hydrogen) atoms. The van der Waals surface area contributed by atoms with Crippen LogP contribution in [0.15, 0.2) is 11.4 Å². The Hall–Kier alpha value is -0.0900. The van der Waals surface area contributed by atoms with Crippen molar-refractivity contribution in [2.24, 2.45) is 11.7 Å². The standard InChI is InChI=1S/C12H19ClN2S/c1-9-2-4-15(5-3-9)11(7-14)12-6-10(13)8-16-12/h6,8-9,11H,2-5,7,14H2,1H3. The molecule has 1 atom stereocenters. The fourth-order valence-electron chi connectivity index (χ4n) is 2.29. The number of rotatable bonds is 3. The number of hydrogen-bond donors (Lipinski definition) is 1. The van der Waals surface area contributed by atoms with Crippen LogP contribution in [0.3, 0.4) is 0 Å². The van der Waals surface area contributed by atoms with Crippen molar-refractivity contribution in [1.29, 1.82) is 0 Å². The minimum atomic E-state index is 0.366. The number of halogens is 1. The summed E-state index contributed by atoms with van der Waals surface area (Å²) in [5.41, 5.74) is 5.90. The molecule has 1 saturated heterocycles. The Bertz CT molecular complexity index is 332. The van der Waals surface area contributed by atoms with E-state index in [0.29, 0.717) is 12.6 Å². The van der Waals surface area contributed by atoms with E-state index in [9.17, 15) is 0 Å². The molecule has 1 unspecified atom stereocenters. The maximum absolute atomic E-state index is 5.97. The highest BCUT2D eigenvalue weighted by molar-refractivity contribution is 7.10. The van der Waals surface area contributed by atoms with Crippen molar-refractivity contribution in [3.8, 4) is 0 Å². The molecule has 0 amide bonds. The molecule has 0 bridgehead atoms. The van der Waals surface area contributed by atoms with E-state index in [-0.39, 0.29) is 0 Å². The zero-order chi connectivity index (χ0) is 11.5. The molecule has 2 nitrogen and oxygen atoms in total. The SMILES string of the molecule is CC1CCN(C(CN)c2cc(Cl)cs2)CC1. The van der Waals surface area contributed by atoms with Gasteiger partial charge in [0.25, 0.3) is 0 Å². The molecule has 0 aliphatic carbocycles. The number of nitrogens with zero attached hydrogens (tertiary/aromatic N) is 1. The van der Waals surface area contributed by atoms with Gasteiger partial charge in [0, 0.05) is 16.8 Å². The maximum Gasteiger partial charge on any atom is 0.0564 e. The summed E-state index contributed by atoms with van der Waals surface area (Å²) in [7, 11) is 0. The third-order valence-corrected chi connectivity index (χ3v) is 4.78. The summed E-state index contributed by atoms with van der Waals surface area (Å²) < 4.78 is 0. The molecule has 0 saturated carbocycles. The Morgan fingerprint density at radius 3 is 2.75 bits per heavy atom. The van der Waals surface area contributed by atoms with Crippen LogP contribution in [-0.2, 0) is 0 Å². The molecule has 1 aromatic rings. The third kappa shape index (κ3) is 2.77. The first kappa shape index (κ1) is 12.4. The quantitative estimate of drug-likeness (QED) is 0.903. The lowest BCUT2D eigenvalue weighted by molar-refractivity contribution is 0.143. The highest BCUT2D eigenvalue weighted by Crippen LogP contribution is 2.31. The van der Waals surface area contributed by atoms with E-state index in [1.165, 1.54) is 30.8 Å². The molecule has 2 heterocycles. The van der Waals surface area contributed by atoms with Gasteiger partial charge in [-0.15, -0.1) is 11.3 Å². The second kappa shape index (κ2) is 5.50. The number of piperidine rings is 1. The van der Waals surface area contributed by atoms with Crippen molar-refractivity contribution in [2.75, 3.05) is 19.6 Å². The van der Waals surface area contributed by atoms with Crippen molar-refractivity contribution < 1.29 is 0 Å². The van der Waals surface area contributed by atoms with E-state index in [1.807, 2.05) is 5.38 Å². The van der Waals surface area contributed by atoms with Gasteiger partial charge < -0.3 is 5.73 Å². The second-order valence-electron chi connectivity index (χ2n) is 4.64. The molecular weight excluding hydrogens is 240 g/mol. The number of nitrogens with two attached hydrogens (primary N) is 1. The van der Waals surface area contributed by atoms with Crippen LogP contribution in [0.4, 0.5) is 0 Å². The average molecular weight is 259 g/mol. The van der Waals surface area contributed by atoms with E-state index in [1.54, 1.807) is 11.3 Å². The highest BCUT2D eigenvalue weighted by Gasteiger charge is 2.24. The first-order valence-corrected chi connectivity index (χ1v) is 7.14. The molecule has 4 heteroatoms. The van der Waals surface area contributed by atoms with Crippen LogP contribution in [0.5, 0.6) is 0 Å². The molecular formula is C12H19ClN2S. The van der Waals surface area contributed by atoms with Crippen LogP contribution in [0.25, 0.3) is 0 Å². The van der Waals surface area contributed by atoms with Crippen molar-refractivity contribution in [3.63, 3.8) is 0 Å². The second-order valence-corrected chi connectivity index (χ2v) is 6.02. The van der Waals surface area contributed by atoms with Crippen molar-refractivity contribution >= 4 is 22.9 Å². The number of likely N-dealkylation sites (tertiary alicyclic amines) is 1. The highest BCUT2D eigenvalue weighted by atomic mass is 35.5. The Labute approximate surface area is 106 Å². The molecule has 0 spiro atoms. The summed E-state index contributed by atoms with van der Waals surface area (Å²) in [4.78, 5) is 3.81. The lowest BCUT2D eigenvalue weighted by Gasteiger charge is -2.35. The summed E-state index contributed by atoms with van der Waals surface area (Å²) in [6, 6.07) is 2.42. The van der Waals surface area contributed by atoms with E-state index in [0.717, 1.165) is 10.9 Å². The van der Waals surface area contributed by atoms with Crippen LogP contribution in [-0.4, -0.2) is 24.5 Å². The topological polar surface area (TPSA) is 29.3 Å². The van der Waals surface area contributed by atoms with Gasteiger partial charge in [0.2, 0.25) is 0 Å². The molecule has 1 aromatic heterocycles. The summed E-state index contributed by atoms with van der Waals surface area (Å²) in [5, 5.41) is 2.83. The Kier molecular flexibility index (Phi) is 4.25. The molecule has 1 aliphatic heterocycles. The molecule has 1 aliphatic rings. The van der Waals surface area contributed by atoms with Gasteiger partial charge >= 0.3 is 0 Å². The van der Waals surface area contributed by atoms with Gasteiger partial charge in [-0.1, -0.05) is 18.5 Å². The van der Waals surface area contributed by atoms with E-state index in [2.05, 4.69) is 17.9 Å². The molecule has 0 aromatic carbocycles. The fourth-order valence-corrected chi connectivity index (χ4v) is 3.52. The number of thiophene rings is 1. The molecule has 1 fully saturated rings. The fraction of sp³-hybridized carbons (Fsp3) is 0.667. The molecule has 90 valence electrons. The van der Waals surface area contributed by atoms with Gasteiger partial charge in [-0.25, -0.2) is 0 Å². The van der Waals surface area contributed by atoms with E-state index in [4.69, 9.17) is 17.3 Å². The van der Waals surface area contributed by atoms with E-state index >= 15 is 0 Å². The zero-order valence-corrected chi connectivity index (χ0v) is 11.2. The van der Waals surface area contributed by atoms with Crippen LogP contribution in [0, 0.1) is 5.92 Å². The summed E-state index contributed by atoms with van der Waals surface area (Å²) in [6.07, 6.45) is 2.57. The first-order valence-electron chi connectivity index (χ1n) is 5.88. The Morgan fingerprint density at radius 1 is 1.56 bits per heavy atom. The van der Waals surface area contributed by atoms with Gasteiger partial charge in [0.15, 0.2) is 0 Å². The maximum atomic E-state index is 5.97. The minimum Gasteiger partial charge on any atom is -0.329 e. The Morgan fingerprint density at radius 2 is 2.25 bits per heavy atom. The summed E-state index contributed by atoms with van der Waals surface area (Å²) >= 11 is 7.70. The van der Waals surface area contributed by atoms with Crippen LogP contribution >= 0.6 is 22.9 Å². The predicted octanol–water partition coefficient (Wildman–Crippen LogP) is 3.13. The predicted molar refractivity (Wildman–Crippen MR) is 71.1 cm³/mol. The summed E-state index contributed by atoms with van der Waals surface area (Å²) in [5.74, 6) is 0.863. The first-order chi connectivity index (χ1) is 7.70. The lowest BCUT2D eigenvalue weighted by atomic mass is 9.97. The van der Waals surface area contributed by atoms with Crippen molar-refractivity contribution in [2.45, 2.75) is 25.8 Å². The lowest BCUT2D eigenvalue weighted by Crippen LogP contribution is -2.39. The molecule has 2 rings (SSSR count). The van der Waals surface area contributed by atoms with Crippen molar-refractivity contribution in [1.82, 2.24) is 4.90 Å². The molecule has 0 radical (unpaired) electrons. The number of hydrogen-bond acceptors (Lipinski definition) is 3. The van der Waals surface area contributed by atoms with Gasteiger partial charge in [0.05, 0.1) is 11.1 Å². The van der Waals surface area contributed by atoms with Gasteiger partial charge in [0.1, 0.15) is 0 Å². The van der Waals surface area contributed by atoms with Gasteiger partial charge in [-0.3, -0.25) is 4.90 Å². The minimum absolute atomic E-state index is 0.366. The van der Waals surface area contributed by atoms with Crippen molar-refractivity contribution in [3.05, 3.63) is 21.3 Å². The van der Waals surface area contributed by atoms with Gasteiger partial charge in [-0.05, 0) is 37.9 Å². The largest absolute Gasteiger partial charge is 0.329 e. The summed E-state index contributed by atoms with van der Waals surface area (Å²) in [6.45, 7) is 5.35. The Balaban J connectivity index is 2.05. The average Bonchev–Trinajstić information content (AvgIpc) is 2.69. The van der Waals surface area contributed by atoms with E-state index < -0.39 is 0 Å². The van der Waals surface area contributed by atoms with Crippen LogP contribution in [0.2, 0.25) is 5.02 Å². The monoisotopic (exact) mass is 258 g/mol. The third-order valence-electron chi connectivity index (χ3n) is 3.40. The molecule has 2 N–H and O–H groups in total. The normalized spacial score (nSPS) is 21.2. The van der Waals surface area contributed by atoms with Gasteiger partial charge in [-0.2, -0.15) is 0 Å². The van der Waals surface area contributed by atoms with Crippen LogP contribution in [0.1, 0.15) is 30.7 Å². The smallest absolute Gasteiger partial charge is 0.0564 e. The zero-order valence-electron chi connectivity index (χ0n) is 9.66.